The van der Waals surface area contributed by atoms with E-state index in [9.17, 15) is 9.59 Å². The van der Waals surface area contributed by atoms with Gasteiger partial charge in [0.2, 0.25) is 0 Å². The molecule has 3 aromatic rings. The van der Waals surface area contributed by atoms with Crippen molar-refractivity contribution >= 4 is 51.4 Å². The van der Waals surface area contributed by atoms with E-state index in [1.54, 1.807) is 19.1 Å². The summed E-state index contributed by atoms with van der Waals surface area (Å²) in [7, 11) is 1.31. The number of methoxy groups -OCH3 is 1. The topological polar surface area (TPSA) is 64.6 Å². The van der Waals surface area contributed by atoms with E-state index in [0.29, 0.717) is 31.9 Å². The van der Waals surface area contributed by atoms with E-state index < -0.39 is 18.0 Å². The maximum atomic E-state index is 12.8. The van der Waals surface area contributed by atoms with Crippen LogP contribution in [0.5, 0.6) is 5.75 Å². The lowest BCUT2D eigenvalue weighted by Crippen LogP contribution is -2.30. The maximum Gasteiger partial charge on any atom is 0.341 e. The predicted octanol–water partition coefficient (Wildman–Crippen LogP) is 6.53. The Kier molecular flexibility index (Phi) is 7.26. The molecular formula is C23H21Cl2NO4S. The highest BCUT2D eigenvalue weighted by Crippen LogP contribution is 2.38. The van der Waals surface area contributed by atoms with Gasteiger partial charge in [-0.3, -0.25) is 4.79 Å². The molecular weight excluding hydrogens is 457 g/mol. The van der Waals surface area contributed by atoms with Gasteiger partial charge >= 0.3 is 5.97 Å². The van der Waals surface area contributed by atoms with Gasteiger partial charge in [0.25, 0.3) is 5.91 Å². The van der Waals surface area contributed by atoms with Gasteiger partial charge in [-0.15, -0.1) is 11.3 Å². The molecule has 2 aromatic carbocycles. The second-order valence-electron chi connectivity index (χ2n) is 6.99. The zero-order valence-corrected chi connectivity index (χ0v) is 19.7. The van der Waals surface area contributed by atoms with E-state index >= 15 is 0 Å². The molecule has 1 atom stereocenters. The number of esters is 1. The van der Waals surface area contributed by atoms with Crippen LogP contribution in [0.2, 0.25) is 10.0 Å². The molecule has 0 unspecified atom stereocenters. The number of ether oxygens (including phenoxy) is 2. The molecule has 0 aliphatic heterocycles. The van der Waals surface area contributed by atoms with Gasteiger partial charge in [-0.05, 0) is 50.1 Å². The van der Waals surface area contributed by atoms with Crippen molar-refractivity contribution < 1.29 is 19.1 Å². The largest absolute Gasteiger partial charge is 0.479 e. The summed E-state index contributed by atoms with van der Waals surface area (Å²) >= 11 is 13.3. The summed E-state index contributed by atoms with van der Waals surface area (Å²) in [5, 5.41) is 5.78. The fourth-order valence-electron chi connectivity index (χ4n) is 3.10. The molecule has 1 N–H and O–H groups in total. The minimum atomic E-state index is -0.865. The molecule has 5 nitrogen and oxygen atoms in total. The van der Waals surface area contributed by atoms with Crippen LogP contribution in [0.15, 0.2) is 41.8 Å². The Morgan fingerprint density at radius 3 is 2.45 bits per heavy atom. The van der Waals surface area contributed by atoms with Gasteiger partial charge in [0, 0.05) is 16.0 Å². The Morgan fingerprint density at radius 1 is 1.06 bits per heavy atom. The molecule has 1 aromatic heterocycles. The zero-order valence-electron chi connectivity index (χ0n) is 17.4. The molecule has 0 saturated carbocycles. The highest BCUT2D eigenvalue weighted by molar-refractivity contribution is 7.15. The molecule has 0 bridgehead atoms. The van der Waals surface area contributed by atoms with Crippen LogP contribution in [-0.4, -0.2) is 25.1 Å². The fourth-order valence-corrected chi connectivity index (χ4v) is 4.50. The first kappa shape index (κ1) is 23.1. The molecule has 1 amide bonds. The first-order valence-corrected chi connectivity index (χ1v) is 11.0. The molecule has 0 saturated heterocycles. The van der Waals surface area contributed by atoms with E-state index in [2.05, 4.69) is 5.32 Å². The van der Waals surface area contributed by atoms with Crippen LogP contribution < -0.4 is 10.1 Å². The van der Waals surface area contributed by atoms with Crippen molar-refractivity contribution in [3.8, 4) is 16.9 Å². The van der Waals surface area contributed by atoms with Gasteiger partial charge in [-0.2, -0.15) is 0 Å². The van der Waals surface area contributed by atoms with Gasteiger partial charge < -0.3 is 14.8 Å². The summed E-state index contributed by atoms with van der Waals surface area (Å²) < 4.78 is 10.7. The third-order valence-corrected chi connectivity index (χ3v) is 6.08. The van der Waals surface area contributed by atoms with Crippen molar-refractivity contribution in [1.82, 2.24) is 0 Å². The van der Waals surface area contributed by atoms with E-state index in [1.807, 2.05) is 37.4 Å². The van der Waals surface area contributed by atoms with Crippen molar-refractivity contribution in [2.45, 2.75) is 26.9 Å². The van der Waals surface area contributed by atoms with Crippen LogP contribution in [0.3, 0.4) is 0 Å². The highest BCUT2D eigenvalue weighted by atomic mass is 35.5. The first-order chi connectivity index (χ1) is 14.7. The summed E-state index contributed by atoms with van der Waals surface area (Å²) in [5.41, 5.74) is 4.06. The average molecular weight is 478 g/mol. The lowest BCUT2D eigenvalue weighted by molar-refractivity contribution is -0.122. The standard InChI is InChI=1S/C23H21Cl2NO4S/c1-12-5-7-16(13(2)9-12)17-11-31-22(20(17)23(28)29-4)26-21(27)14(3)30-19-8-6-15(24)10-18(19)25/h5-11,14H,1-4H3,(H,26,27)/t14-/m0/s1. The number of nitrogens with one attached hydrogen (secondary N) is 1. The van der Waals surface area contributed by atoms with Crippen LogP contribution in [0.25, 0.3) is 11.1 Å². The quantitative estimate of drug-likeness (QED) is 0.409. The van der Waals surface area contributed by atoms with Crippen LogP contribution in [0.1, 0.15) is 28.4 Å². The summed E-state index contributed by atoms with van der Waals surface area (Å²) in [4.78, 5) is 25.3. The van der Waals surface area contributed by atoms with Crippen LogP contribution >= 0.6 is 34.5 Å². The molecule has 0 aliphatic rings. The van der Waals surface area contributed by atoms with E-state index in [1.165, 1.54) is 24.5 Å². The lowest BCUT2D eigenvalue weighted by Gasteiger charge is -2.16. The minimum absolute atomic E-state index is 0.302. The smallest absolute Gasteiger partial charge is 0.341 e. The molecule has 8 heteroatoms. The van der Waals surface area contributed by atoms with Crippen molar-refractivity contribution in [2.24, 2.45) is 0 Å². The average Bonchev–Trinajstić information content (AvgIpc) is 3.12. The third kappa shape index (κ3) is 5.21. The Bertz CT molecular complexity index is 1140. The second-order valence-corrected chi connectivity index (χ2v) is 8.71. The lowest BCUT2D eigenvalue weighted by atomic mass is 9.97. The summed E-state index contributed by atoms with van der Waals surface area (Å²) in [6.45, 7) is 5.58. The molecule has 162 valence electrons. The van der Waals surface area contributed by atoms with Crippen molar-refractivity contribution in [3.63, 3.8) is 0 Å². The normalized spacial score (nSPS) is 11.7. The van der Waals surface area contributed by atoms with E-state index in [0.717, 1.165) is 16.7 Å². The highest BCUT2D eigenvalue weighted by Gasteiger charge is 2.25. The van der Waals surface area contributed by atoms with Crippen LogP contribution in [0, 0.1) is 13.8 Å². The summed E-state index contributed by atoms with van der Waals surface area (Å²) in [6.07, 6.45) is -0.865. The number of carbonyl (C=O) groups is 2. The van der Waals surface area contributed by atoms with Crippen molar-refractivity contribution in [2.75, 3.05) is 12.4 Å². The number of aryl methyl sites for hydroxylation is 2. The van der Waals surface area contributed by atoms with Crippen molar-refractivity contribution in [1.29, 1.82) is 0 Å². The number of halogens is 2. The van der Waals surface area contributed by atoms with Crippen LogP contribution in [0.4, 0.5) is 5.00 Å². The number of anilines is 1. The Balaban J connectivity index is 1.87. The van der Waals surface area contributed by atoms with Crippen LogP contribution in [-0.2, 0) is 9.53 Å². The first-order valence-electron chi connectivity index (χ1n) is 9.41. The van der Waals surface area contributed by atoms with Gasteiger partial charge in [-0.25, -0.2) is 4.79 Å². The number of benzene rings is 2. The van der Waals surface area contributed by atoms with E-state index in [4.69, 9.17) is 32.7 Å². The number of amides is 1. The minimum Gasteiger partial charge on any atom is -0.479 e. The second kappa shape index (κ2) is 9.73. The Hall–Kier alpha value is -2.54. The van der Waals surface area contributed by atoms with E-state index in [-0.39, 0.29) is 0 Å². The fraction of sp³-hybridized carbons (Fsp3) is 0.217. The number of carbonyl (C=O) groups excluding carboxylic acids is 2. The molecule has 3 rings (SSSR count). The van der Waals surface area contributed by atoms with Gasteiger partial charge in [0.15, 0.2) is 6.10 Å². The number of thiophene rings is 1. The Morgan fingerprint density at radius 2 is 1.81 bits per heavy atom. The number of hydrogen-bond acceptors (Lipinski definition) is 5. The van der Waals surface area contributed by atoms with Gasteiger partial charge in [0.05, 0.1) is 12.1 Å². The number of hydrogen-bond donors (Lipinski definition) is 1. The SMILES string of the molecule is COC(=O)c1c(-c2ccc(C)cc2C)csc1NC(=O)[C@H](C)Oc1ccc(Cl)cc1Cl. The van der Waals surface area contributed by atoms with Gasteiger partial charge in [0.1, 0.15) is 16.3 Å². The Labute approximate surface area is 194 Å². The van der Waals surface area contributed by atoms with Crippen molar-refractivity contribution in [3.05, 3.63) is 68.5 Å². The molecule has 0 fully saturated rings. The van der Waals surface area contributed by atoms with Gasteiger partial charge in [-0.1, -0.05) is 47.0 Å². The molecule has 0 radical (unpaired) electrons. The molecule has 0 spiro atoms. The number of rotatable bonds is 6. The third-order valence-electron chi connectivity index (χ3n) is 4.66. The molecule has 0 aliphatic carbocycles. The summed E-state index contributed by atoms with van der Waals surface area (Å²) in [6, 6.07) is 10.7. The maximum absolute atomic E-state index is 12.8. The summed E-state index contributed by atoms with van der Waals surface area (Å²) in [5.74, 6) is -0.616. The zero-order chi connectivity index (χ0) is 22.7. The molecule has 1 heterocycles. The monoisotopic (exact) mass is 477 g/mol. The molecule has 31 heavy (non-hydrogen) atoms. The predicted molar refractivity (Wildman–Crippen MR) is 126 cm³/mol.